The largest absolute Gasteiger partial charge is 0.332 e. The van der Waals surface area contributed by atoms with Crippen molar-refractivity contribution < 1.29 is 4.79 Å². The van der Waals surface area contributed by atoms with Gasteiger partial charge in [0, 0.05) is 12.5 Å². The second-order valence-corrected chi connectivity index (χ2v) is 9.77. The molecule has 3 aromatic rings. The zero-order valence-corrected chi connectivity index (χ0v) is 21.5. The second kappa shape index (κ2) is 11.5. The number of rotatable bonds is 10. The van der Waals surface area contributed by atoms with Crippen LogP contribution in [0.1, 0.15) is 77.7 Å². The lowest BCUT2D eigenvalue weighted by Crippen LogP contribution is -2.42. The Labute approximate surface area is 203 Å². The fourth-order valence-electron chi connectivity index (χ4n) is 4.61. The summed E-state index contributed by atoms with van der Waals surface area (Å²) >= 11 is 0. The van der Waals surface area contributed by atoms with Gasteiger partial charge >= 0.3 is 0 Å². The Kier molecular flexibility index (Phi) is 8.65. The predicted molar refractivity (Wildman–Crippen MR) is 140 cm³/mol. The van der Waals surface area contributed by atoms with E-state index in [9.17, 15) is 9.59 Å². The van der Waals surface area contributed by atoms with E-state index in [0.717, 1.165) is 36.9 Å². The average molecular weight is 462 g/mol. The Balaban J connectivity index is 2.20. The molecule has 0 N–H and O–H groups in total. The van der Waals surface area contributed by atoms with E-state index in [1.54, 1.807) is 4.57 Å². The van der Waals surface area contributed by atoms with Crippen molar-refractivity contribution in [2.75, 3.05) is 6.54 Å². The summed E-state index contributed by atoms with van der Waals surface area (Å²) in [6.45, 7) is 13.1. The normalized spacial score (nSPS) is 13.3. The molecule has 5 heteroatoms. The number of carbonyl (C=O) groups excluding carboxylic acids is 1. The summed E-state index contributed by atoms with van der Waals surface area (Å²) in [5.74, 6) is 1.06. The number of hydrogen-bond acceptors (Lipinski definition) is 3. The molecular weight excluding hydrogens is 422 g/mol. The van der Waals surface area contributed by atoms with Gasteiger partial charge in [-0.05, 0) is 62.4 Å². The van der Waals surface area contributed by atoms with Gasteiger partial charge in [-0.2, -0.15) is 0 Å². The fourth-order valence-corrected chi connectivity index (χ4v) is 4.61. The first-order valence-electron chi connectivity index (χ1n) is 12.7. The minimum atomic E-state index is -0.344. The highest BCUT2D eigenvalue weighted by atomic mass is 16.2. The molecule has 0 fully saturated rings. The van der Waals surface area contributed by atoms with Crippen LogP contribution in [0.2, 0.25) is 0 Å². The molecule has 34 heavy (non-hydrogen) atoms. The minimum Gasteiger partial charge on any atom is -0.332 e. The van der Waals surface area contributed by atoms with Gasteiger partial charge in [0.25, 0.3) is 5.56 Å². The van der Waals surface area contributed by atoms with E-state index in [4.69, 9.17) is 4.98 Å². The second-order valence-electron chi connectivity index (χ2n) is 9.77. The first-order valence-corrected chi connectivity index (χ1v) is 12.7. The third-order valence-corrected chi connectivity index (χ3v) is 6.50. The molecule has 0 spiro atoms. The van der Waals surface area contributed by atoms with Crippen LogP contribution < -0.4 is 5.56 Å². The highest BCUT2D eigenvalue weighted by molar-refractivity contribution is 5.80. The number of unbranched alkanes of at least 4 members (excludes halogenated alkanes) is 1. The average Bonchev–Trinajstić information content (AvgIpc) is 2.82. The molecule has 2 atom stereocenters. The maximum Gasteiger partial charge on any atom is 0.266 e. The Morgan fingerprint density at radius 3 is 2.44 bits per heavy atom. The molecular formula is C29H39N3O2. The zero-order chi connectivity index (χ0) is 24.8. The molecule has 0 aliphatic rings. The van der Waals surface area contributed by atoms with Crippen molar-refractivity contribution in [1.29, 1.82) is 0 Å². The van der Waals surface area contributed by atoms with E-state index in [0.29, 0.717) is 29.2 Å². The molecule has 1 heterocycles. The van der Waals surface area contributed by atoms with Crippen LogP contribution in [0.5, 0.6) is 0 Å². The predicted octanol–water partition coefficient (Wildman–Crippen LogP) is 6.46. The number of fused-ring (bicyclic) bond motifs is 1. The molecule has 3 rings (SSSR count). The van der Waals surface area contributed by atoms with Crippen molar-refractivity contribution in [2.45, 2.75) is 73.3 Å². The van der Waals surface area contributed by atoms with Crippen LogP contribution in [0, 0.1) is 18.8 Å². The molecule has 0 saturated carbocycles. The van der Waals surface area contributed by atoms with Crippen molar-refractivity contribution >= 4 is 16.8 Å². The number of aryl methyl sites for hydroxylation is 1. The van der Waals surface area contributed by atoms with E-state index >= 15 is 0 Å². The number of nitrogens with zero attached hydrogens (tertiary/aromatic N) is 3. The summed E-state index contributed by atoms with van der Waals surface area (Å²) in [6, 6.07) is 15.0. The van der Waals surface area contributed by atoms with Crippen LogP contribution in [0.25, 0.3) is 16.6 Å². The Morgan fingerprint density at radius 2 is 1.79 bits per heavy atom. The lowest BCUT2D eigenvalue weighted by Gasteiger charge is -2.34. The molecule has 0 bridgehead atoms. The van der Waals surface area contributed by atoms with Crippen molar-refractivity contribution in [1.82, 2.24) is 14.5 Å². The maximum atomic E-state index is 13.8. The Morgan fingerprint density at radius 1 is 1.06 bits per heavy atom. The van der Waals surface area contributed by atoms with Crippen molar-refractivity contribution in [2.24, 2.45) is 11.8 Å². The molecule has 0 aliphatic carbocycles. The number of aromatic nitrogens is 2. The topological polar surface area (TPSA) is 55.2 Å². The van der Waals surface area contributed by atoms with Gasteiger partial charge in [-0.3, -0.25) is 14.2 Å². The summed E-state index contributed by atoms with van der Waals surface area (Å²) in [6.07, 6.45) is 3.82. The van der Waals surface area contributed by atoms with E-state index in [2.05, 4.69) is 27.7 Å². The van der Waals surface area contributed by atoms with Crippen LogP contribution in [0.4, 0.5) is 0 Å². The van der Waals surface area contributed by atoms with E-state index in [-0.39, 0.29) is 23.4 Å². The van der Waals surface area contributed by atoms with Gasteiger partial charge in [0.2, 0.25) is 5.91 Å². The van der Waals surface area contributed by atoms with E-state index in [1.807, 2.05) is 67.3 Å². The van der Waals surface area contributed by atoms with Crippen LogP contribution in [-0.2, 0) is 4.79 Å². The van der Waals surface area contributed by atoms with Crippen molar-refractivity contribution in [3.8, 4) is 5.69 Å². The van der Waals surface area contributed by atoms with Crippen molar-refractivity contribution in [3.63, 3.8) is 0 Å². The molecule has 2 unspecified atom stereocenters. The van der Waals surface area contributed by atoms with E-state index in [1.165, 1.54) is 0 Å². The van der Waals surface area contributed by atoms with E-state index < -0.39 is 0 Å². The first kappa shape index (κ1) is 25.7. The molecule has 1 amide bonds. The first-order chi connectivity index (χ1) is 16.3. The SMILES string of the molecule is CCCCC(CC)C(=O)N(CC(C)C)C(C)c1nc2ccccc2c(=O)n1-c1cccc(C)c1. The van der Waals surface area contributed by atoms with Crippen LogP contribution in [0.3, 0.4) is 0 Å². The highest BCUT2D eigenvalue weighted by Crippen LogP contribution is 2.27. The van der Waals surface area contributed by atoms with Gasteiger partial charge in [-0.15, -0.1) is 0 Å². The van der Waals surface area contributed by atoms with Crippen LogP contribution >= 0.6 is 0 Å². The highest BCUT2D eigenvalue weighted by Gasteiger charge is 2.30. The summed E-state index contributed by atoms with van der Waals surface area (Å²) in [5.41, 5.74) is 2.40. The molecule has 1 aromatic heterocycles. The molecule has 0 aliphatic heterocycles. The van der Waals surface area contributed by atoms with Crippen LogP contribution in [-0.4, -0.2) is 26.9 Å². The summed E-state index contributed by atoms with van der Waals surface area (Å²) in [5, 5.41) is 0.580. The third kappa shape index (κ3) is 5.57. The number of benzene rings is 2. The monoisotopic (exact) mass is 461 g/mol. The van der Waals surface area contributed by atoms with Gasteiger partial charge in [0.15, 0.2) is 0 Å². The molecule has 2 aromatic carbocycles. The Hall–Kier alpha value is -2.95. The fraction of sp³-hybridized carbons (Fsp3) is 0.483. The van der Waals surface area contributed by atoms with Gasteiger partial charge in [-0.25, -0.2) is 4.98 Å². The molecule has 5 nitrogen and oxygen atoms in total. The smallest absolute Gasteiger partial charge is 0.266 e. The van der Waals surface area contributed by atoms with Gasteiger partial charge in [0.1, 0.15) is 5.82 Å². The quantitative estimate of drug-likeness (QED) is 0.348. The van der Waals surface area contributed by atoms with Crippen LogP contribution in [0.15, 0.2) is 53.3 Å². The Bertz CT molecular complexity index is 1180. The number of carbonyl (C=O) groups is 1. The van der Waals surface area contributed by atoms with Gasteiger partial charge in [0.05, 0.1) is 22.6 Å². The summed E-state index contributed by atoms with van der Waals surface area (Å²) in [7, 11) is 0. The number of amides is 1. The zero-order valence-electron chi connectivity index (χ0n) is 21.5. The number of para-hydroxylation sites is 1. The lowest BCUT2D eigenvalue weighted by atomic mass is 9.96. The minimum absolute atomic E-state index is 0.0132. The van der Waals surface area contributed by atoms with Gasteiger partial charge < -0.3 is 4.90 Å². The molecule has 0 radical (unpaired) electrons. The summed E-state index contributed by atoms with van der Waals surface area (Å²) < 4.78 is 1.70. The van der Waals surface area contributed by atoms with Crippen molar-refractivity contribution in [3.05, 3.63) is 70.3 Å². The molecule has 182 valence electrons. The third-order valence-electron chi connectivity index (χ3n) is 6.50. The molecule has 0 saturated heterocycles. The maximum absolute atomic E-state index is 13.8. The lowest BCUT2D eigenvalue weighted by molar-refractivity contribution is -0.139. The van der Waals surface area contributed by atoms with Gasteiger partial charge in [-0.1, -0.05) is 64.8 Å². The number of hydrogen-bond donors (Lipinski definition) is 0. The summed E-state index contributed by atoms with van der Waals surface area (Å²) in [4.78, 5) is 34.4. The standard InChI is InChI=1S/C29H39N3O2/c1-7-9-14-23(8-2)28(33)31(19-20(3)4)22(6)27-30-26-17-11-10-16-25(26)29(34)32(27)24-15-12-13-21(5)18-24/h10-13,15-18,20,22-23H,7-9,14,19H2,1-6H3.